The van der Waals surface area contributed by atoms with E-state index in [2.05, 4.69) is 5.10 Å². The smallest absolute Gasteiger partial charge is 0.425 e. The van der Waals surface area contributed by atoms with Gasteiger partial charge in [0.1, 0.15) is 0 Å². The number of fused-ring (bicyclic) bond motifs is 3. The molecule has 1 atom stereocenters. The van der Waals surface area contributed by atoms with Gasteiger partial charge in [0, 0.05) is 35.9 Å². The Morgan fingerprint density at radius 1 is 1.19 bits per heavy atom. The molecule has 0 saturated carbocycles. The van der Waals surface area contributed by atoms with Crippen LogP contribution < -0.4 is 0 Å². The molecule has 8 heteroatoms. The maximum Gasteiger partial charge on any atom is 0.425 e. The molecule has 1 N–H and O–H groups in total. The summed E-state index contributed by atoms with van der Waals surface area (Å²) < 4.78 is 48.9. The van der Waals surface area contributed by atoms with Gasteiger partial charge >= 0.3 is 12.1 Å². The second-order valence-corrected chi connectivity index (χ2v) is 7.89. The van der Waals surface area contributed by atoms with Crippen LogP contribution in [0.1, 0.15) is 36.5 Å². The Kier molecular flexibility index (Phi) is 5.58. The van der Waals surface area contributed by atoms with Crippen LogP contribution >= 0.6 is 0 Å². The van der Waals surface area contributed by atoms with Crippen molar-refractivity contribution in [3.05, 3.63) is 65.5 Å². The first-order valence-electron chi connectivity index (χ1n) is 10.4. The van der Waals surface area contributed by atoms with Gasteiger partial charge in [-0.3, -0.25) is 9.48 Å². The van der Waals surface area contributed by atoms with Crippen LogP contribution in [-0.2, 0) is 21.7 Å². The number of aliphatic hydroxyl groups is 1. The van der Waals surface area contributed by atoms with Crippen molar-refractivity contribution < 1.29 is 27.8 Å². The maximum atomic E-state index is 14.1. The predicted octanol–water partition coefficient (Wildman–Crippen LogP) is 4.98. The van der Waals surface area contributed by atoms with E-state index < -0.39 is 11.8 Å². The Labute approximate surface area is 183 Å². The quantitative estimate of drug-likeness (QED) is 0.545. The second kappa shape index (κ2) is 8.09. The third-order valence-electron chi connectivity index (χ3n) is 5.69. The van der Waals surface area contributed by atoms with Gasteiger partial charge in [-0.05, 0) is 37.0 Å². The van der Waals surface area contributed by atoms with Gasteiger partial charge in [-0.15, -0.1) is 0 Å². The number of alkyl halides is 3. The van der Waals surface area contributed by atoms with Crippen LogP contribution in [0.25, 0.3) is 22.3 Å². The third-order valence-corrected chi connectivity index (χ3v) is 5.69. The van der Waals surface area contributed by atoms with Crippen molar-refractivity contribution in [3.8, 4) is 22.3 Å². The first-order chi connectivity index (χ1) is 15.2. The Balaban J connectivity index is 1.75. The van der Waals surface area contributed by atoms with Crippen molar-refractivity contribution in [1.29, 1.82) is 0 Å². The molecule has 1 aromatic heterocycles. The van der Waals surface area contributed by atoms with Gasteiger partial charge in [-0.25, -0.2) is 0 Å². The molecule has 0 amide bonds. The number of carbonyl (C=O) groups excluding carboxylic acids is 1. The molecule has 4 rings (SSSR count). The molecule has 1 heterocycles. The van der Waals surface area contributed by atoms with Crippen LogP contribution in [0.5, 0.6) is 0 Å². The van der Waals surface area contributed by atoms with Gasteiger partial charge in [-0.2, -0.15) is 18.3 Å². The van der Waals surface area contributed by atoms with Crippen molar-refractivity contribution >= 4 is 5.97 Å². The summed E-state index contributed by atoms with van der Waals surface area (Å²) in [6, 6.07) is 9.28. The summed E-state index contributed by atoms with van der Waals surface area (Å²) >= 11 is 0. The molecule has 32 heavy (non-hydrogen) atoms. The minimum absolute atomic E-state index is 0.170. The highest BCUT2D eigenvalue weighted by Crippen LogP contribution is 2.57. The second-order valence-electron chi connectivity index (χ2n) is 7.89. The van der Waals surface area contributed by atoms with E-state index in [4.69, 9.17) is 4.74 Å². The Morgan fingerprint density at radius 2 is 1.94 bits per heavy atom. The molecule has 1 unspecified atom stereocenters. The third kappa shape index (κ3) is 3.58. The topological polar surface area (TPSA) is 64.3 Å². The minimum atomic E-state index is -4.88. The standard InChI is InChI=1S/C24H23F3N2O3/c1-3-32-21(30)9-6-10-29-14-16(13-28-29)18-11-15(2)12-20-22(18)17-7-4-5-8-19(17)23(20,31)24(25,26)27/h4-5,7-8,11-14,31H,3,6,9-10H2,1-2H3. The van der Waals surface area contributed by atoms with Crippen molar-refractivity contribution in [2.24, 2.45) is 0 Å². The lowest BCUT2D eigenvalue weighted by atomic mass is 9.88. The SMILES string of the molecule is CCOC(=O)CCCn1cc(-c2cc(C)cc3c2-c2ccccc2C3(O)C(F)(F)F)cn1. The van der Waals surface area contributed by atoms with Crippen LogP contribution in [0.15, 0.2) is 48.8 Å². The van der Waals surface area contributed by atoms with Crippen LogP contribution in [-0.4, -0.2) is 33.6 Å². The van der Waals surface area contributed by atoms with Crippen molar-refractivity contribution in [1.82, 2.24) is 9.78 Å². The van der Waals surface area contributed by atoms with E-state index in [9.17, 15) is 23.1 Å². The number of ether oxygens (including phenoxy) is 1. The number of aryl methyl sites for hydroxylation is 2. The first kappa shape index (κ1) is 22.1. The van der Waals surface area contributed by atoms with Gasteiger partial charge in [0.05, 0.1) is 12.8 Å². The highest BCUT2D eigenvalue weighted by atomic mass is 19.4. The summed E-state index contributed by atoms with van der Waals surface area (Å²) in [5, 5.41) is 15.3. The molecular formula is C24H23F3N2O3. The first-order valence-corrected chi connectivity index (χ1v) is 10.4. The molecule has 2 aromatic carbocycles. The van der Waals surface area contributed by atoms with Crippen LogP contribution in [0.3, 0.4) is 0 Å². The Hall–Kier alpha value is -3.13. The number of benzene rings is 2. The van der Waals surface area contributed by atoms with Gasteiger partial charge in [0.25, 0.3) is 0 Å². The molecule has 0 radical (unpaired) electrons. The number of halogens is 3. The summed E-state index contributed by atoms with van der Waals surface area (Å²) in [5.74, 6) is -0.278. The molecule has 168 valence electrons. The molecule has 0 aliphatic heterocycles. The van der Waals surface area contributed by atoms with Gasteiger partial charge in [-0.1, -0.05) is 42.0 Å². The average Bonchev–Trinajstić information content (AvgIpc) is 3.30. The summed E-state index contributed by atoms with van der Waals surface area (Å²) in [6.45, 7) is 4.24. The highest BCUT2D eigenvalue weighted by Gasteiger charge is 2.61. The maximum absolute atomic E-state index is 14.1. The van der Waals surface area contributed by atoms with Gasteiger partial charge < -0.3 is 9.84 Å². The molecule has 0 saturated heterocycles. The zero-order chi connectivity index (χ0) is 23.1. The monoisotopic (exact) mass is 444 g/mol. The summed E-state index contributed by atoms with van der Waals surface area (Å²) in [6.07, 6.45) is -0.755. The van der Waals surface area contributed by atoms with E-state index in [0.717, 1.165) is 0 Å². The number of esters is 1. The number of nitrogens with zero attached hydrogens (tertiary/aromatic N) is 2. The van der Waals surface area contributed by atoms with E-state index in [1.54, 1.807) is 49.1 Å². The van der Waals surface area contributed by atoms with E-state index in [1.807, 2.05) is 0 Å². The fourth-order valence-electron chi connectivity index (χ4n) is 4.30. The molecule has 1 aliphatic carbocycles. The number of hydrogen-bond donors (Lipinski definition) is 1. The summed E-state index contributed by atoms with van der Waals surface area (Å²) in [5.41, 5.74) is -0.886. The fraction of sp³-hybridized carbons (Fsp3) is 0.333. The normalized spacial score (nSPS) is 17.2. The average molecular weight is 444 g/mol. The van der Waals surface area contributed by atoms with Crippen molar-refractivity contribution in [2.45, 2.75) is 45.0 Å². The van der Waals surface area contributed by atoms with Gasteiger partial charge in [0.15, 0.2) is 0 Å². The highest BCUT2D eigenvalue weighted by molar-refractivity contribution is 5.92. The zero-order valence-electron chi connectivity index (χ0n) is 17.7. The molecule has 0 bridgehead atoms. The predicted molar refractivity (Wildman–Crippen MR) is 113 cm³/mol. The molecular weight excluding hydrogens is 421 g/mol. The Morgan fingerprint density at radius 3 is 2.66 bits per heavy atom. The lowest BCUT2D eigenvalue weighted by Crippen LogP contribution is -2.41. The van der Waals surface area contributed by atoms with Crippen molar-refractivity contribution in [3.63, 3.8) is 0 Å². The molecule has 5 nitrogen and oxygen atoms in total. The summed E-state index contributed by atoms with van der Waals surface area (Å²) in [4.78, 5) is 11.5. The van der Waals surface area contributed by atoms with Crippen molar-refractivity contribution in [2.75, 3.05) is 6.61 Å². The lowest BCUT2D eigenvalue weighted by Gasteiger charge is -2.28. The Bertz CT molecular complexity index is 1170. The minimum Gasteiger partial charge on any atom is -0.466 e. The lowest BCUT2D eigenvalue weighted by molar-refractivity contribution is -0.246. The molecule has 0 spiro atoms. The number of carbonyl (C=O) groups is 1. The number of rotatable bonds is 6. The van der Waals surface area contributed by atoms with Crippen LogP contribution in [0.2, 0.25) is 0 Å². The number of aromatic nitrogens is 2. The molecule has 3 aromatic rings. The zero-order valence-corrected chi connectivity index (χ0v) is 17.7. The molecule has 1 aliphatic rings. The number of hydrogen-bond acceptors (Lipinski definition) is 4. The molecule has 0 fully saturated rings. The largest absolute Gasteiger partial charge is 0.466 e. The van der Waals surface area contributed by atoms with Crippen LogP contribution in [0, 0.1) is 6.92 Å². The van der Waals surface area contributed by atoms with E-state index >= 15 is 0 Å². The van der Waals surface area contributed by atoms with Gasteiger partial charge in [0.2, 0.25) is 5.60 Å². The van der Waals surface area contributed by atoms with Crippen LogP contribution in [0.4, 0.5) is 13.2 Å². The fourth-order valence-corrected chi connectivity index (χ4v) is 4.30. The summed E-state index contributed by atoms with van der Waals surface area (Å²) in [7, 11) is 0. The van der Waals surface area contributed by atoms with E-state index in [-0.39, 0.29) is 23.5 Å². The van der Waals surface area contributed by atoms with E-state index in [0.29, 0.717) is 47.4 Å². The van der Waals surface area contributed by atoms with E-state index in [1.165, 1.54) is 18.2 Å².